The molecule has 2 aromatic carbocycles. The van der Waals surface area contributed by atoms with Gasteiger partial charge >= 0.3 is 0 Å². The standard InChI is InChI=1S/C20H20N4O4S2/c1-3-28-16-8-4-13(5-9-16)18(26)22-19-23-24-20(30-19)29-12-17(25)21-14-6-10-15(27-2)11-7-14/h4-11H,3,12H2,1-2H3,(H,21,25)(H,22,23,26). The van der Waals surface area contributed by atoms with Gasteiger partial charge in [0.1, 0.15) is 11.5 Å². The Labute approximate surface area is 182 Å². The number of carbonyl (C=O) groups excluding carboxylic acids is 2. The van der Waals surface area contributed by atoms with E-state index in [-0.39, 0.29) is 17.6 Å². The van der Waals surface area contributed by atoms with Crippen LogP contribution in [0.1, 0.15) is 17.3 Å². The molecule has 0 aliphatic rings. The van der Waals surface area contributed by atoms with Crippen LogP contribution in [0.2, 0.25) is 0 Å². The Bertz CT molecular complexity index is 991. The van der Waals surface area contributed by atoms with Crippen LogP contribution >= 0.6 is 23.1 Å². The summed E-state index contributed by atoms with van der Waals surface area (Å²) in [5.74, 6) is 1.14. The number of nitrogens with zero attached hydrogens (tertiary/aromatic N) is 2. The summed E-state index contributed by atoms with van der Waals surface area (Å²) in [4.78, 5) is 24.4. The van der Waals surface area contributed by atoms with Crippen molar-refractivity contribution in [3.8, 4) is 11.5 Å². The normalized spacial score (nSPS) is 10.3. The number of rotatable bonds is 9. The molecule has 1 aromatic heterocycles. The van der Waals surface area contributed by atoms with E-state index in [4.69, 9.17) is 9.47 Å². The monoisotopic (exact) mass is 444 g/mol. The second kappa shape index (κ2) is 10.6. The van der Waals surface area contributed by atoms with E-state index in [9.17, 15) is 9.59 Å². The fraction of sp³-hybridized carbons (Fsp3) is 0.200. The summed E-state index contributed by atoms with van der Waals surface area (Å²) in [5, 5.41) is 13.8. The number of aromatic nitrogens is 2. The van der Waals surface area contributed by atoms with E-state index >= 15 is 0 Å². The Kier molecular flexibility index (Phi) is 7.63. The van der Waals surface area contributed by atoms with Gasteiger partial charge in [-0.25, -0.2) is 0 Å². The Morgan fingerprint density at radius 2 is 1.70 bits per heavy atom. The molecule has 0 fully saturated rings. The highest BCUT2D eigenvalue weighted by Gasteiger charge is 2.12. The van der Waals surface area contributed by atoms with Gasteiger partial charge in [0.05, 0.1) is 19.5 Å². The Morgan fingerprint density at radius 3 is 2.37 bits per heavy atom. The lowest BCUT2D eigenvalue weighted by Crippen LogP contribution is -2.13. The molecule has 156 valence electrons. The average Bonchev–Trinajstić information content (AvgIpc) is 3.21. The maximum Gasteiger partial charge on any atom is 0.257 e. The van der Waals surface area contributed by atoms with Crippen molar-refractivity contribution >= 4 is 45.7 Å². The van der Waals surface area contributed by atoms with E-state index in [1.165, 1.54) is 23.1 Å². The molecule has 10 heteroatoms. The van der Waals surface area contributed by atoms with Crippen molar-refractivity contribution in [2.75, 3.05) is 30.1 Å². The van der Waals surface area contributed by atoms with Crippen LogP contribution in [0.5, 0.6) is 11.5 Å². The zero-order valence-electron chi connectivity index (χ0n) is 16.4. The lowest BCUT2D eigenvalue weighted by molar-refractivity contribution is -0.113. The molecule has 0 saturated heterocycles. The zero-order valence-corrected chi connectivity index (χ0v) is 18.0. The minimum atomic E-state index is -0.289. The summed E-state index contributed by atoms with van der Waals surface area (Å²) in [5.41, 5.74) is 1.17. The molecule has 0 aliphatic heterocycles. The number of hydrogen-bond donors (Lipinski definition) is 2. The molecule has 0 unspecified atom stereocenters. The minimum absolute atomic E-state index is 0.166. The number of carbonyl (C=O) groups is 2. The highest BCUT2D eigenvalue weighted by atomic mass is 32.2. The summed E-state index contributed by atoms with van der Waals surface area (Å²) in [7, 11) is 1.58. The van der Waals surface area contributed by atoms with Crippen LogP contribution in [-0.4, -0.2) is 41.5 Å². The van der Waals surface area contributed by atoms with Gasteiger partial charge in [0.15, 0.2) is 4.34 Å². The van der Waals surface area contributed by atoms with Crippen molar-refractivity contribution < 1.29 is 19.1 Å². The average molecular weight is 445 g/mol. The van der Waals surface area contributed by atoms with Crippen LogP contribution in [0.15, 0.2) is 52.9 Å². The minimum Gasteiger partial charge on any atom is -0.497 e. The van der Waals surface area contributed by atoms with Gasteiger partial charge < -0.3 is 14.8 Å². The molecule has 1 heterocycles. The number of nitrogens with one attached hydrogen (secondary N) is 2. The van der Waals surface area contributed by atoms with E-state index in [0.29, 0.717) is 33.1 Å². The van der Waals surface area contributed by atoms with Crippen molar-refractivity contribution in [2.45, 2.75) is 11.3 Å². The van der Waals surface area contributed by atoms with Crippen LogP contribution in [-0.2, 0) is 4.79 Å². The number of methoxy groups -OCH3 is 1. The second-order valence-electron chi connectivity index (χ2n) is 5.85. The Morgan fingerprint density at radius 1 is 1.00 bits per heavy atom. The number of thioether (sulfide) groups is 1. The first-order chi connectivity index (χ1) is 14.6. The van der Waals surface area contributed by atoms with Crippen LogP contribution in [0.3, 0.4) is 0 Å². The van der Waals surface area contributed by atoms with Crippen molar-refractivity contribution in [3.05, 3.63) is 54.1 Å². The summed E-state index contributed by atoms with van der Waals surface area (Å²) in [6, 6.07) is 13.9. The van der Waals surface area contributed by atoms with Crippen LogP contribution in [0, 0.1) is 0 Å². The molecule has 0 bridgehead atoms. The van der Waals surface area contributed by atoms with Crippen LogP contribution in [0.4, 0.5) is 10.8 Å². The lowest BCUT2D eigenvalue weighted by atomic mass is 10.2. The molecule has 0 radical (unpaired) electrons. The number of hydrogen-bond acceptors (Lipinski definition) is 8. The Hall–Kier alpha value is -3.11. The maximum atomic E-state index is 12.3. The van der Waals surface area contributed by atoms with Crippen molar-refractivity contribution in [2.24, 2.45) is 0 Å². The maximum absolute atomic E-state index is 12.3. The smallest absolute Gasteiger partial charge is 0.257 e. The molecule has 0 saturated carbocycles. The molecule has 0 spiro atoms. The zero-order chi connectivity index (χ0) is 21.3. The van der Waals surface area contributed by atoms with Crippen molar-refractivity contribution in [1.82, 2.24) is 10.2 Å². The summed E-state index contributed by atoms with van der Waals surface area (Å²) >= 11 is 2.45. The van der Waals surface area contributed by atoms with E-state index in [2.05, 4.69) is 20.8 Å². The molecular weight excluding hydrogens is 424 g/mol. The molecule has 3 aromatic rings. The quantitative estimate of drug-likeness (QED) is 0.381. The number of anilines is 2. The fourth-order valence-corrected chi connectivity index (χ4v) is 3.90. The van der Waals surface area contributed by atoms with E-state index in [1.807, 2.05) is 6.92 Å². The SMILES string of the molecule is CCOc1ccc(C(=O)Nc2nnc(SCC(=O)Nc3ccc(OC)cc3)s2)cc1. The van der Waals surface area contributed by atoms with Crippen molar-refractivity contribution in [1.29, 1.82) is 0 Å². The van der Waals surface area contributed by atoms with Gasteiger partial charge in [0, 0.05) is 11.3 Å². The van der Waals surface area contributed by atoms with Gasteiger partial charge in [-0.1, -0.05) is 23.1 Å². The van der Waals surface area contributed by atoms with Gasteiger partial charge in [-0.15, -0.1) is 10.2 Å². The summed E-state index contributed by atoms with van der Waals surface area (Å²) in [6.07, 6.45) is 0. The summed E-state index contributed by atoms with van der Waals surface area (Å²) in [6.45, 7) is 2.46. The first-order valence-electron chi connectivity index (χ1n) is 9.02. The largest absolute Gasteiger partial charge is 0.497 e. The Balaban J connectivity index is 1.48. The van der Waals surface area contributed by atoms with Gasteiger partial charge in [-0.3, -0.25) is 14.9 Å². The molecule has 8 nitrogen and oxygen atoms in total. The van der Waals surface area contributed by atoms with E-state index in [0.717, 1.165) is 5.75 Å². The molecular formula is C20H20N4O4S2. The number of ether oxygens (including phenoxy) is 2. The van der Waals surface area contributed by atoms with Gasteiger partial charge in [-0.2, -0.15) is 0 Å². The fourth-order valence-electron chi connectivity index (χ4n) is 2.36. The molecule has 3 rings (SSSR count). The topological polar surface area (TPSA) is 102 Å². The third-order valence-electron chi connectivity index (χ3n) is 3.75. The summed E-state index contributed by atoms with van der Waals surface area (Å²) < 4.78 is 11.0. The second-order valence-corrected chi connectivity index (χ2v) is 8.05. The predicted molar refractivity (Wildman–Crippen MR) is 118 cm³/mol. The first-order valence-corrected chi connectivity index (χ1v) is 10.8. The molecule has 0 atom stereocenters. The van der Waals surface area contributed by atoms with Gasteiger partial charge in [-0.05, 0) is 55.5 Å². The third-order valence-corrected chi connectivity index (χ3v) is 5.73. The van der Waals surface area contributed by atoms with E-state index in [1.54, 1.807) is 55.6 Å². The molecule has 2 N–H and O–H groups in total. The van der Waals surface area contributed by atoms with Gasteiger partial charge in [0.2, 0.25) is 11.0 Å². The predicted octanol–water partition coefficient (Wildman–Crippen LogP) is 3.93. The van der Waals surface area contributed by atoms with Crippen LogP contribution < -0.4 is 20.1 Å². The number of amides is 2. The lowest BCUT2D eigenvalue weighted by Gasteiger charge is -2.05. The molecule has 2 amide bonds. The molecule has 0 aliphatic carbocycles. The molecule has 30 heavy (non-hydrogen) atoms. The first kappa shape index (κ1) is 21.6. The number of benzene rings is 2. The van der Waals surface area contributed by atoms with Gasteiger partial charge in [0.25, 0.3) is 5.91 Å². The highest BCUT2D eigenvalue weighted by Crippen LogP contribution is 2.26. The van der Waals surface area contributed by atoms with Crippen LogP contribution in [0.25, 0.3) is 0 Å². The third kappa shape index (κ3) is 6.19. The van der Waals surface area contributed by atoms with Crippen molar-refractivity contribution in [3.63, 3.8) is 0 Å². The highest BCUT2D eigenvalue weighted by molar-refractivity contribution is 8.01. The van der Waals surface area contributed by atoms with E-state index < -0.39 is 0 Å².